The van der Waals surface area contributed by atoms with Crippen LogP contribution in [0.1, 0.15) is 40.0 Å². The molecule has 0 saturated carbocycles. The molecular formula is C12H23NO2. The van der Waals surface area contributed by atoms with E-state index in [1.807, 2.05) is 13.0 Å². The number of carbonyl (C=O) groups excluding carboxylic acids is 1. The second kappa shape index (κ2) is 6.62. The van der Waals surface area contributed by atoms with Crippen molar-refractivity contribution < 1.29 is 9.53 Å². The largest absolute Gasteiger partial charge is 0.468 e. The fourth-order valence-electron chi connectivity index (χ4n) is 1.50. The molecule has 3 heteroatoms. The second-order valence-corrected chi connectivity index (χ2v) is 4.10. The molecule has 0 aromatic carbocycles. The van der Waals surface area contributed by atoms with Gasteiger partial charge >= 0.3 is 5.97 Å². The zero-order chi connectivity index (χ0) is 11.9. The summed E-state index contributed by atoms with van der Waals surface area (Å²) in [5.41, 5.74) is -0.599. The molecule has 88 valence electrons. The Morgan fingerprint density at radius 1 is 1.67 bits per heavy atom. The van der Waals surface area contributed by atoms with Crippen LogP contribution in [0.4, 0.5) is 0 Å². The van der Waals surface area contributed by atoms with Crippen LogP contribution in [-0.4, -0.2) is 24.7 Å². The first kappa shape index (κ1) is 14.2. The third-order valence-electron chi connectivity index (χ3n) is 2.66. The van der Waals surface area contributed by atoms with Crippen molar-refractivity contribution in [3.05, 3.63) is 12.7 Å². The Balaban J connectivity index is 4.53. The molecule has 0 rings (SSSR count). The molecule has 0 aromatic heterocycles. The Morgan fingerprint density at radius 2 is 2.27 bits per heavy atom. The van der Waals surface area contributed by atoms with E-state index in [9.17, 15) is 4.79 Å². The van der Waals surface area contributed by atoms with Crippen LogP contribution in [0.3, 0.4) is 0 Å². The first-order valence-corrected chi connectivity index (χ1v) is 5.47. The SMILES string of the molecule is C=CCCC(C)(NC(C)CC)C(=O)OC. The maximum absolute atomic E-state index is 11.7. The summed E-state index contributed by atoms with van der Waals surface area (Å²) in [5.74, 6) is -0.204. The molecule has 2 unspecified atom stereocenters. The lowest BCUT2D eigenvalue weighted by molar-refractivity contribution is -0.148. The predicted octanol–water partition coefficient (Wildman–Crippen LogP) is 2.27. The van der Waals surface area contributed by atoms with Gasteiger partial charge in [-0.2, -0.15) is 0 Å². The number of allylic oxidation sites excluding steroid dienone is 1. The van der Waals surface area contributed by atoms with Crippen molar-refractivity contribution in [2.75, 3.05) is 7.11 Å². The number of nitrogens with one attached hydrogen (secondary N) is 1. The van der Waals surface area contributed by atoms with E-state index in [-0.39, 0.29) is 5.97 Å². The summed E-state index contributed by atoms with van der Waals surface area (Å²) in [5, 5.41) is 3.31. The molecule has 0 bridgehead atoms. The normalized spacial score (nSPS) is 16.5. The van der Waals surface area contributed by atoms with Crippen molar-refractivity contribution in [1.82, 2.24) is 5.32 Å². The molecule has 2 atom stereocenters. The lowest BCUT2D eigenvalue weighted by atomic mass is 9.94. The molecule has 1 N–H and O–H groups in total. The van der Waals surface area contributed by atoms with Crippen LogP contribution < -0.4 is 5.32 Å². The molecule has 3 nitrogen and oxygen atoms in total. The number of hydrogen-bond donors (Lipinski definition) is 1. The summed E-state index contributed by atoms with van der Waals surface area (Å²) in [6, 6.07) is 0.305. The van der Waals surface area contributed by atoms with Gasteiger partial charge in [-0.05, 0) is 33.1 Å². The molecular weight excluding hydrogens is 190 g/mol. The van der Waals surface area contributed by atoms with Gasteiger partial charge in [0.25, 0.3) is 0 Å². The monoisotopic (exact) mass is 213 g/mol. The lowest BCUT2D eigenvalue weighted by Crippen LogP contribution is -2.53. The van der Waals surface area contributed by atoms with Crippen LogP contribution in [-0.2, 0) is 9.53 Å². The number of hydrogen-bond acceptors (Lipinski definition) is 3. The summed E-state index contributed by atoms with van der Waals surface area (Å²) in [4.78, 5) is 11.7. The van der Waals surface area contributed by atoms with Crippen molar-refractivity contribution in [2.24, 2.45) is 0 Å². The average molecular weight is 213 g/mol. The maximum Gasteiger partial charge on any atom is 0.325 e. The van der Waals surface area contributed by atoms with Gasteiger partial charge in [-0.25, -0.2) is 0 Å². The number of methoxy groups -OCH3 is 1. The van der Waals surface area contributed by atoms with Crippen molar-refractivity contribution >= 4 is 5.97 Å². The van der Waals surface area contributed by atoms with E-state index >= 15 is 0 Å². The van der Waals surface area contributed by atoms with Gasteiger partial charge in [0.2, 0.25) is 0 Å². The molecule has 0 heterocycles. The Bertz CT molecular complexity index is 216. The van der Waals surface area contributed by atoms with Gasteiger partial charge in [0.15, 0.2) is 0 Å². The molecule has 0 aliphatic rings. The zero-order valence-corrected chi connectivity index (χ0v) is 10.3. The second-order valence-electron chi connectivity index (χ2n) is 4.10. The Labute approximate surface area is 92.9 Å². The summed E-state index contributed by atoms with van der Waals surface area (Å²) in [7, 11) is 1.42. The van der Waals surface area contributed by atoms with Gasteiger partial charge in [0.05, 0.1) is 7.11 Å². The van der Waals surface area contributed by atoms with Crippen LogP contribution in [0.25, 0.3) is 0 Å². The van der Waals surface area contributed by atoms with Crippen LogP contribution in [0.5, 0.6) is 0 Å². The van der Waals surface area contributed by atoms with E-state index in [2.05, 4.69) is 25.7 Å². The summed E-state index contributed by atoms with van der Waals surface area (Å²) in [6.07, 6.45) is 4.32. The van der Waals surface area contributed by atoms with Crippen LogP contribution in [0, 0.1) is 0 Å². The van der Waals surface area contributed by atoms with Gasteiger partial charge < -0.3 is 4.74 Å². The minimum absolute atomic E-state index is 0.204. The van der Waals surface area contributed by atoms with Crippen molar-refractivity contribution in [3.63, 3.8) is 0 Å². The highest BCUT2D eigenvalue weighted by Crippen LogP contribution is 2.16. The fourth-order valence-corrected chi connectivity index (χ4v) is 1.50. The minimum Gasteiger partial charge on any atom is -0.468 e. The highest BCUT2D eigenvalue weighted by Gasteiger charge is 2.34. The number of carbonyl (C=O) groups is 1. The molecule has 0 fully saturated rings. The average Bonchev–Trinajstić information content (AvgIpc) is 2.24. The molecule has 15 heavy (non-hydrogen) atoms. The minimum atomic E-state index is -0.599. The number of ether oxygens (including phenoxy) is 1. The molecule has 0 saturated heterocycles. The molecule has 0 aromatic rings. The number of esters is 1. The Kier molecular flexibility index (Phi) is 6.25. The summed E-state index contributed by atoms with van der Waals surface area (Å²) < 4.78 is 4.82. The van der Waals surface area contributed by atoms with Gasteiger partial charge in [-0.15, -0.1) is 6.58 Å². The summed E-state index contributed by atoms with van der Waals surface area (Å²) in [6.45, 7) is 9.70. The van der Waals surface area contributed by atoms with Crippen molar-refractivity contribution in [1.29, 1.82) is 0 Å². The smallest absolute Gasteiger partial charge is 0.325 e. The van der Waals surface area contributed by atoms with E-state index in [0.717, 1.165) is 12.8 Å². The van der Waals surface area contributed by atoms with Crippen LogP contribution >= 0.6 is 0 Å². The zero-order valence-electron chi connectivity index (χ0n) is 10.3. The summed E-state index contributed by atoms with van der Waals surface area (Å²) >= 11 is 0. The van der Waals surface area contributed by atoms with Crippen molar-refractivity contribution in [2.45, 2.75) is 51.6 Å². The molecule has 0 amide bonds. The molecule has 0 radical (unpaired) electrons. The predicted molar refractivity (Wildman–Crippen MR) is 62.7 cm³/mol. The van der Waals surface area contributed by atoms with E-state index < -0.39 is 5.54 Å². The lowest BCUT2D eigenvalue weighted by Gasteiger charge is -2.30. The first-order chi connectivity index (χ1) is 7.00. The van der Waals surface area contributed by atoms with Crippen molar-refractivity contribution in [3.8, 4) is 0 Å². The highest BCUT2D eigenvalue weighted by molar-refractivity contribution is 5.80. The van der Waals surface area contributed by atoms with E-state index in [1.54, 1.807) is 0 Å². The molecule has 0 aliphatic carbocycles. The van der Waals surface area contributed by atoms with Gasteiger partial charge in [-0.1, -0.05) is 13.0 Å². The standard InChI is InChI=1S/C12H23NO2/c1-6-8-9-12(4,11(14)15-5)13-10(3)7-2/h6,10,13H,1,7-9H2,2-5H3. The Hall–Kier alpha value is -0.830. The van der Waals surface area contributed by atoms with Gasteiger partial charge in [0, 0.05) is 6.04 Å². The Morgan fingerprint density at radius 3 is 2.67 bits per heavy atom. The maximum atomic E-state index is 11.7. The molecule has 0 aliphatic heterocycles. The molecule has 0 spiro atoms. The third kappa shape index (κ3) is 4.47. The quantitative estimate of drug-likeness (QED) is 0.521. The van der Waals surface area contributed by atoms with E-state index in [1.165, 1.54) is 7.11 Å². The van der Waals surface area contributed by atoms with E-state index in [0.29, 0.717) is 12.5 Å². The third-order valence-corrected chi connectivity index (χ3v) is 2.66. The van der Waals surface area contributed by atoms with Crippen LogP contribution in [0.2, 0.25) is 0 Å². The van der Waals surface area contributed by atoms with E-state index in [4.69, 9.17) is 4.74 Å². The first-order valence-electron chi connectivity index (χ1n) is 5.47. The van der Waals surface area contributed by atoms with Gasteiger partial charge in [-0.3, -0.25) is 10.1 Å². The fraction of sp³-hybridized carbons (Fsp3) is 0.750. The van der Waals surface area contributed by atoms with Gasteiger partial charge in [0.1, 0.15) is 5.54 Å². The topological polar surface area (TPSA) is 38.3 Å². The number of rotatable bonds is 7. The highest BCUT2D eigenvalue weighted by atomic mass is 16.5. The van der Waals surface area contributed by atoms with Crippen LogP contribution in [0.15, 0.2) is 12.7 Å².